The van der Waals surface area contributed by atoms with Gasteiger partial charge in [0.25, 0.3) is 5.91 Å². The Balaban J connectivity index is 1.47. The van der Waals surface area contributed by atoms with Crippen molar-refractivity contribution >= 4 is 39.3 Å². The average Bonchev–Trinajstić information content (AvgIpc) is 4.05. The van der Waals surface area contributed by atoms with E-state index in [9.17, 15) is 22.8 Å². The van der Waals surface area contributed by atoms with E-state index < -0.39 is 62.3 Å². The number of allylic oxidation sites excluding steroid dienone is 1. The van der Waals surface area contributed by atoms with Crippen molar-refractivity contribution in [2.45, 2.75) is 147 Å². The van der Waals surface area contributed by atoms with Crippen LogP contribution in [0.5, 0.6) is 0 Å². The molecule has 14 heteroatoms. The number of hydrogen-bond acceptors (Lipinski definition) is 10. The Morgan fingerprint density at radius 1 is 1.11 bits per heavy atom. The van der Waals surface area contributed by atoms with Crippen LogP contribution >= 0.6 is 0 Å². The van der Waals surface area contributed by atoms with Crippen LogP contribution < -0.4 is 15.4 Å². The minimum Gasteiger partial charge on any atom is -0.471 e. The van der Waals surface area contributed by atoms with Gasteiger partial charge in [-0.1, -0.05) is 70.5 Å². The lowest BCUT2D eigenvalue weighted by atomic mass is 9.94. The Kier molecular flexibility index (Phi) is 13.2. The predicted molar refractivity (Wildman–Crippen MR) is 214 cm³/mol. The number of carbonyl (C=O) groups excluding carboxylic acids is 3. The molecule has 0 radical (unpaired) electrons. The van der Waals surface area contributed by atoms with Crippen molar-refractivity contribution in [1.29, 1.82) is 0 Å². The molecule has 2 saturated carbocycles. The number of carbonyl (C=O) groups is 3. The molecule has 1 saturated heterocycles. The topological polar surface area (TPSA) is 159 Å². The number of nitrogens with one attached hydrogen (secondary N) is 3. The Bertz CT molecular complexity index is 1770. The van der Waals surface area contributed by atoms with Gasteiger partial charge in [-0.05, 0) is 78.7 Å². The lowest BCUT2D eigenvalue weighted by Gasteiger charge is -2.33. The minimum atomic E-state index is -3.87. The highest BCUT2D eigenvalue weighted by Crippen LogP contribution is 2.46. The van der Waals surface area contributed by atoms with E-state index >= 15 is 0 Å². The molecule has 4 aliphatic rings. The summed E-state index contributed by atoms with van der Waals surface area (Å²) in [5, 5.41) is 12.3. The first-order valence-electron chi connectivity index (χ1n) is 20.0. The largest absolute Gasteiger partial charge is 0.471 e. The third-order valence-corrected chi connectivity index (χ3v) is 12.6. The molecule has 3 amide bonds. The number of hydrazone groups is 1. The highest BCUT2D eigenvalue weighted by Gasteiger charge is 2.62. The molecular formula is C41H62N6O7S. The fourth-order valence-electron chi connectivity index (χ4n) is 7.32. The molecule has 2 heterocycles. The second-order valence-corrected chi connectivity index (χ2v) is 18.8. The van der Waals surface area contributed by atoms with Gasteiger partial charge in [0.15, 0.2) is 0 Å². The monoisotopic (exact) mass is 782 g/mol. The van der Waals surface area contributed by atoms with E-state index in [4.69, 9.17) is 14.6 Å². The number of sulfonamides is 1. The smallest absolute Gasteiger partial charge is 0.259 e. The summed E-state index contributed by atoms with van der Waals surface area (Å²) in [6, 6.07) is 6.02. The number of rotatable bonds is 17. The molecule has 2 aliphatic carbocycles. The van der Waals surface area contributed by atoms with E-state index in [0.717, 1.165) is 36.1 Å². The first-order chi connectivity index (χ1) is 25.9. The van der Waals surface area contributed by atoms with Gasteiger partial charge in [0.05, 0.1) is 35.9 Å². The van der Waals surface area contributed by atoms with Gasteiger partial charge in [-0.25, -0.2) is 8.42 Å². The molecule has 0 spiro atoms. The summed E-state index contributed by atoms with van der Waals surface area (Å²) in [4.78, 5) is 44.7. The normalized spacial score (nSPS) is 25.1. The van der Waals surface area contributed by atoms with Crippen molar-refractivity contribution in [3.63, 3.8) is 0 Å². The number of benzene rings is 1. The van der Waals surface area contributed by atoms with Crippen LogP contribution in [0.15, 0.2) is 48.1 Å². The third-order valence-electron chi connectivity index (χ3n) is 10.8. The second kappa shape index (κ2) is 17.2. The summed E-state index contributed by atoms with van der Waals surface area (Å²) < 4.78 is 40.7. The number of unbranched alkanes of at least 4 members (excludes halogenated alkanes) is 1. The van der Waals surface area contributed by atoms with E-state index in [1.807, 2.05) is 84.9 Å². The van der Waals surface area contributed by atoms with Gasteiger partial charge >= 0.3 is 0 Å². The summed E-state index contributed by atoms with van der Waals surface area (Å²) in [6.45, 7) is 20.4. The first-order valence-corrected chi connectivity index (χ1v) is 21.5. The van der Waals surface area contributed by atoms with Crippen LogP contribution in [0.3, 0.4) is 0 Å². The molecule has 6 atom stereocenters. The summed E-state index contributed by atoms with van der Waals surface area (Å²) in [6.07, 6.45) is 7.87. The lowest BCUT2D eigenvalue weighted by molar-refractivity contribution is -0.143. The Morgan fingerprint density at radius 3 is 2.42 bits per heavy atom. The summed E-state index contributed by atoms with van der Waals surface area (Å²) in [5.74, 6) is -1.69. The molecule has 3 fully saturated rings. The molecule has 5 rings (SSSR count). The maximum atomic E-state index is 14.8. The van der Waals surface area contributed by atoms with Crippen LogP contribution in [0, 0.1) is 11.8 Å². The van der Waals surface area contributed by atoms with Gasteiger partial charge in [0.2, 0.25) is 27.7 Å². The van der Waals surface area contributed by atoms with E-state index in [-0.39, 0.29) is 44.0 Å². The van der Waals surface area contributed by atoms with Crippen LogP contribution in [-0.2, 0) is 33.9 Å². The van der Waals surface area contributed by atoms with Crippen molar-refractivity contribution in [3.8, 4) is 0 Å². The molecule has 3 N–H and O–H groups in total. The van der Waals surface area contributed by atoms with Gasteiger partial charge in [-0.2, -0.15) is 0 Å². The minimum absolute atomic E-state index is 0.00861. The van der Waals surface area contributed by atoms with Crippen LogP contribution in [0.1, 0.15) is 118 Å². The molecular weight excluding hydrogens is 721 g/mol. The SMILES string of the molecule is C=C1c2ccccc2C(OC2CC(C(=O)NC3(C(=O)NS(=O)(=O)C4CC4)CC3C=CCC)N(C(=O)C(NCOC(C)(C)C)C(C)CCCC)C2)=NN1C(C)C. The summed E-state index contributed by atoms with van der Waals surface area (Å²) in [5.41, 5.74) is 0.481. The van der Waals surface area contributed by atoms with E-state index in [0.29, 0.717) is 25.2 Å². The van der Waals surface area contributed by atoms with Crippen LogP contribution in [-0.4, -0.2) is 95.8 Å². The molecule has 55 heavy (non-hydrogen) atoms. The molecule has 6 unspecified atom stereocenters. The van der Waals surface area contributed by atoms with Gasteiger partial charge in [-0.15, -0.1) is 5.10 Å². The number of ether oxygens (including phenoxy) is 2. The van der Waals surface area contributed by atoms with E-state index in [1.165, 1.54) is 0 Å². The zero-order valence-electron chi connectivity index (χ0n) is 33.9. The van der Waals surface area contributed by atoms with Gasteiger partial charge < -0.3 is 19.7 Å². The zero-order chi connectivity index (χ0) is 40.3. The summed E-state index contributed by atoms with van der Waals surface area (Å²) >= 11 is 0. The van der Waals surface area contributed by atoms with Crippen LogP contribution in [0.25, 0.3) is 5.70 Å². The van der Waals surface area contributed by atoms with Crippen molar-refractivity contribution in [2.75, 3.05) is 13.3 Å². The predicted octanol–water partition coefficient (Wildman–Crippen LogP) is 5.04. The Hall–Kier alpha value is -3.75. The second-order valence-electron chi connectivity index (χ2n) is 16.8. The highest BCUT2D eigenvalue weighted by molar-refractivity contribution is 7.91. The molecule has 0 aromatic heterocycles. The van der Waals surface area contributed by atoms with Crippen molar-refractivity contribution in [3.05, 3.63) is 54.1 Å². The lowest BCUT2D eigenvalue weighted by Crippen LogP contribution is -2.59. The molecule has 304 valence electrons. The zero-order valence-corrected chi connectivity index (χ0v) is 34.7. The maximum Gasteiger partial charge on any atom is 0.259 e. The fraction of sp³-hybridized carbons (Fsp3) is 0.659. The average molecular weight is 783 g/mol. The molecule has 1 aromatic carbocycles. The van der Waals surface area contributed by atoms with Crippen molar-refractivity contribution in [1.82, 2.24) is 25.3 Å². The van der Waals surface area contributed by atoms with Crippen molar-refractivity contribution < 1.29 is 32.3 Å². The van der Waals surface area contributed by atoms with Gasteiger partial charge in [0.1, 0.15) is 17.7 Å². The van der Waals surface area contributed by atoms with E-state index in [1.54, 1.807) is 9.91 Å². The number of likely N-dealkylation sites (tertiary alicyclic amines) is 1. The first kappa shape index (κ1) is 42.4. The number of amides is 3. The molecule has 1 aromatic rings. The van der Waals surface area contributed by atoms with Gasteiger partial charge in [0, 0.05) is 29.5 Å². The maximum absolute atomic E-state index is 14.8. The van der Waals surface area contributed by atoms with Crippen molar-refractivity contribution in [2.24, 2.45) is 16.9 Å². The molecule has 2 aliphatic heterocycles. The Labute approximate surface area is 327 Å². The molecule has 13 nitrogen and oxygen atoms in total. The van der Waals surface area contributed by atoms with E-state index in [2.05, 4.69) is 28.9 Å². The summed E-state index contributed by atoms with van der Waals surface area (Å²) in [7, 11) is -3.87. The number of hydrogen-bond donors (Lipinski definition) is 3. The van der Waals surface area contributed by atoms with Gasteiger partial charge in [-0.3, -0.25) is 29.4 Å². The quantitative estimate of drug-likeness (QED) is 0.146. The number of nitrogens with zero attached hydrogens (tertiary/aromatic N) is 3. The van der Waals surface area contributed by atoms with Crippen LogP contribution in [0.2, 0.25) is 0 Å². The molecule has 0 bridgehead atoms. The third kappa shape index (κ3) is 9.98. The Morgan fingerprint density at radius 2 is 1.80 bits per heavy atom. The van der Waals surface area contributed by atoms with Crippen LogP contribution in [0.4, 0.5) is 0 Å². The number of fused-ring (bicyclic) bond motifs is 1. The highest BCUT2D eigenvalue weighted by atomic mass is 32.2. The fourth-order valence-corrected chi connectivity index (χ4v) is 8.69. The standard InChI is InChI=1S/C41H62N6O7S/c1-10-12-16-27(5)35(42-25-53-40(7,8)9)38(49)46-24-30(54-37-33-19-15-14-18-32(33)28(6)47(44-37)26(3)4)22-34(46)36(48)43-41(23-29(41)17-13-11-2)39(50)45-55(51,52)31-20-21-31/h13-15,17-19,26-27,29-31,34-35,42H,6,10-12,16,20-25H2,1-5,7-9H3,(H,43,48)(H,45,50).